The van der Waals surface area contributed by atoms with Crippen LogP contribution in [0.15, 0.2) is 30.7 Å². The van der Waals surface area contributed by atoms with Gasteiger partial charge in [0.05, 0.1) is 10.5 Å². The zero-order valence-corrected chi connectivity index (χ0v) is 13.6. The summed E-state index contributed by atoms with van der Waals surface area (Å²) in [4.78, 5) is 38.6. The number of nitrogens with zero attached hydrogens (tertiary/aromatic N) is 5. The second-order valence-corrected chi connectivity index (χ2v) is 5.41. The first-order chi connectivity index (χ1) is 15.6. The van der Waals surface area contributed by atoms with Crippen molar-refractivity contribution in [3.05, 3.63) is 47.1 Å². The monoisotopic (exact) mass is 382 g/mol. The van der Waals surface area contributed by atoms with E-state index in [1.54, 1.807) is 5.32 Å². The zero-order chi connectivity index (χ0) is 25.3. The summed E-state index contributed by atoms with van der Waals surface area (Å²) in [5, 5.41) is 1.85. The average molecular weight is 383 g/mol. The lowest BCUT2D eigenvalue weighted by Gasteiger charge is -2.30. The number of hydrogen-bond donors (Lipinski definition) is 1. The molecule has 1 atom stereocenters. The highest BCUT2D eigenvalue weighted by molar-refractivity contribution is 6.30. The minimum Gasteiger partial charge on any atom is -0.419 e. The van der Waals surface area contributed by atoms with Gasteiger partial charge >= 0.3 is 6.09 Å². The fourth-order valence-corrected chi connectivity index (χ4v) is 2.46. The fraction of sp³-hybridized carbons (Fsp3) is 0.312. The van der Waals surface area contributed by atoms with Crippen LogP contribution in [0.25, 0.3) is 0 Å². The van der Waals surface area contributed by atoms with Crippen molar-refractivity contribution in [2.75, 3.05) is 30.9 Å². The summed E-state index contributed by atoms with van der Waals surface area (Å²) >= 11 is 5.84. The number of rotatable bonds is 2. The van der Waals surface area contributed by atoms with Crippen molar-refractivity contribution in [1.29, 1.82) is 0 Å². The molecule has 1 saturated heterocycles. The van der Waals surface area contributed by atoms with Crippen molar-refractivity contribution >= 4 is 29.4 Å². The van der Waals surface area contributed by atoms with E-state index in [0.717, 1.165) is 4.90 Å². The molecule has 2 aliphatic heterocycles. The van der Waals surface area contributed by atoms with Crippen LogP contribution in [0, 0.1) is 0 Å². The van der Waals surface area contributed by atoms with E-state index in [2.05, 4.69) is 15.0 Å². The van der Waals surface area contributed by atoms with Gasteiger partial charge in [-0.1, -0.05) is 11.6 Å². The van der Waals surface area contributed by atoms with Crippen LogP contribution >= 0.6 is 11.6 Å². The van der Waals surface area contributed by atoms with Gasteiger partial charge in [-0.3, -0.25) is 9.78 Å². The summed E-state index contributed by atoms with van der Waals surface area (Å²) in [6.07, 6.45) is 0.135. The smallest absolute Gasteiger partial charge is 0.412 e. The van der Waals surface area contributed by atoms with E-state index >= 15 is 0 Å². The maximum Gasteiger partial charge on any atom is 0.412 e. The van der Waals surface area contributed by atoms with Crippen LogP contribution in [0.4, 0.5) is 10.6 Å². The first-order valence-corrected chi connectivity index (χ1v) is 7.56. The Balaban J connectivity index is 1.78. The van der Waals surface area contributed by atoms with Crippen molar-refractivity contribution in [2.45, 2.75) is 6.23 Å². The van der Waals surface area contributed by atoms with Gasteiger partial charge in [-0.15, -0.1) is 0 Å². The maximum atomic E-state index is 13.1. The van der Waals surface area contributed by atoms with Crippen LogP contribution in [0.2, 0.25) is 5.02 Å². The Morgan fingerprint density at radius 1 is 1.27 bits per heavy atom. The zero-order valence-electron chi connectivity index (χ0n) is 20.8. The number of amides is 2. The van der Waals surface area contributed by atoms with Crippen LogP contribution in [-0.2, 0) is 4.74 Å². The number of pyridine rings is 1. The normalized spacial score (nSPS) is 31.7. The summed E-state index contributed by atoms with van der Waals surface area (Å²) in [6, 6.07) is 2.73. The Bertz CT molecular complexity index is 1140. The number of anilines is 1. The van der Waals surface area contributed by atoms with Gasteiger partial charge in [0.2, 0.25) is 6.23 Å². The molecule has 4 rings (SSSR count). The number of ether oxygens (including phenoxy) is 1. The number of carbonyl (C=O) groups excluding carboxylic acids is 2. The Hall–Kier alpha value is -2.78. The molecule has 0 spiro atoms. The molecule has 1 fully saturated rings. The van der Waals surface area contributed by atoms with E-state index in [1.807, 2.05) is 0 Å². The quantitative estimate of drug-likeness (QED) is 0.833. The van der Waals surface area contributed by atoms with E-state index in [-0.39, 0.29) is 27.1 Å². The van der Waals surface area contributed by atoms with Crippen LogP contribution in [0.1, 0.15) is 33.4 Å². The van der Waals surface area contributed by atoms with Crippen molar-refractivity contribution < 1.29 is 25.3 Å². The highest BCUT2D eigenvalue weighted by atomic mass is 35.5. The third-order valence-electron chi connectivity index (χ3n) is 3.43. The molecule has 0 unspecified atom stereocenters. The summed E-state index contributed by atoms with van der Waals surface area (Å²) < 4.78 is 68.8. The molecule has 1 N–H and O–H groups in total. The molecule has 26 heavy (non-hydrogen) atoms. The molecule has 2 aromatic heterocycles. The predicted octanol–water partition coefficient (Wildman–Crippen LogP) is 1.23. The predicted molar refractivity (Wildman–Crippen MR) is 91.8 cm³/mol. The minimum absolute atomic E-state index is 0.0519. The Morgan fingerprint density at radius 2 is 2.04 bits per heavy atom. The Kier molecular flexibility index (Phi) is 2.58. The largest absolute Gasteiger partial charge is 0.419 e. The lowest BCUT2D eigenvalue weighted by atomic mass is 10.3. The van der Waals surface area contributed by atoms with Crippen LogP contribution in [0.3, 0.4) is 0 Å². The third kappa shape index (κ3) is 2.95. The van der Waals surface area contributed by atoms with E-state index in [1.165, 1.54) is 30.7 Å². The summed E-state index contributed by atoms with van der Waals surface area (Å²) in [6.45, 7) is -13.3. The van der Waals surface area contributed by atoms with Crippen LogP contribution < -0.4 is 10.2 Å². The van der Waals surface area contributed by atoms with E-state index < -0.39 is 44.2 Å². The molecule has 0 bridgehead atoms. The Labute approximate surface area is 165 Å². The number of aromatic nitrogens is 3. The van der Waals surface area contributed by atoms with Crippen molar-refractivity contribution in [3.8, 4) is 0 Å². The fourth-order valence-electron chi connectivity index (χ4n) is 2.35. The van der Waals surface area contributed by atoms with Gasteiger partial charge in [-0.05, 0) is 12.1 Å². The molecule has 9 nitrogen and oxygen atoms in total. The van der Waals surface area contributed by atoms with Gasteiger partial charge < -0.3 is 15.0 Å². The second kappa shape index (κ2) is 6.85. The Morgan fingerprint density at radius 3 is 2.77 bits per heavy atom. The number of fused-ring (bicyclic) bond motifs is 1. The molecule has 0 aromatic carbocycles. The minimum atomic E-state index is -3.42. The molecular formula is C16H15ClN6O3. The summed E-state index contributed by atoms with van der Waals surface area (Å²) in [5.74, 6) is -0.836. The highest BCUT2D eigenvalue weighted by Gasteiger charge is 2.44. The number of nitrogens with one attached hydrogen (secondary N) is 1. The number of halogens is 1. The molecule has 2 aromatic rings. The van der Waals surface area contributed by atoms with Crippen molar-refractivity contribution in [2.24, 2.45) is 0 Å². The lowest BCUT2D eigenvalue weighted by molar-refractivity contribution is 0.0565. The molecule has 2 amide bonds. The molecule has 4 heterocycles. The van der Waals surface area contributed by atoms with Crippen molar-refractivity contribution in [1.82, 2.24) is 25.2 Å². The first-order valence-electron chi connectivity index (χ1n) is 11.2. The van der Waals surface area contributed by atoms with Gasteiger partial charge in [0.25, 0.3) is 5.91 Å². The average Bonchev–Trinajstić information content (AvgIpc) is 2.98. The van der Waals surface area contributed by atoms with Crippen molar-refractivity contribution in [3.63, 3.8) is 0 Å². The maximum absolute atomic E-state index is 13.1. The molecular weight excluding hydrogens is 360 g/mol. The first kappa shape index (κ1) is 9.79. The molecule has 2 aliphatic rings. The van der Waals surface area contributed by atoms with Crippen LogP contribution in [0.5, 0.6) is 0 Å². The second-order valence-electron chi connectivity index (χ2n) is 4.97. The van der Waals surface area contributed by atoms with E-state index in [0.29, 0.717) is 0 Å². The molecule has 0 radical (unpaired) electrons. The number of piperazine rings is 1. The lowest BCUT2D eigenvalue weighted by Crippen LogP contribution is -2.47. The topological polar surface area (TPSA) is 101 Å². The van der Waals surface area contributed by atoms with Gasteiger partial charge in [0.15, 0.2) is 5.69 Å². The number of hydrogen-bond acceptors (Lipinski definition) is 7. The van der Waals surface area contributed by atoms with E-state index in [4.69, 9.17) is 27.3 Å². The standard InChI is InChI=1S/C16H15ClN6O3/c17-10-1-2-11(21-9-10)23-14(24)12-13(20-4-3-19-12)15(23)26-16(25)22-7-5-18-6-8-22/h1-4,9,15,18H,5-8H2/t15-/m0/s1/i5D2,6D2,7D2,8D2. The SMILES string of the molecule is [2H]C1([2H])NC([2H])([2H])C([2H])([2H])N(C(=O)O[C@H]2c3nccnc3C(=O)N2c2ccc(Cl)cn2)C1([2H])[2H]. The summed E-state index contributed by atoms with van der Waals surface area (Å²) in [5.41, 5.74) is -0.381. The van der Waals surface area contributed by atoms with Gasteiger partial charge in [-0.2, -0.15) is 0 Å². The molecule has 0 saturated carbocycles. The van der Waals surface area contributed by atoms with Gasteiger partial charge in [0.1, 0.15) is 11.5 Å². The van der Waals surface area contributed by atoms with E-state index in [9.17, 15) is 9.59 Å². The molecule has 10 heteroatoms. The molecule has 134 valence electrons. The van der Waals surface area contributed by atoms with Crippen LogP contribution in [-0.4, -0.2) is 57.8 Å². The highest BCUT2D eigenvalue weighted by Crippen LogP contribution is 2.35. The summed E-state index contributed by atoms with van der Waals surface area (Å²) in [7, 11) is 0. The number of carbonyl (C=O) groups is 2. The van der Waals surface area contributed by atoms with Gasteiger partial charge in [0, 0.05) is 50.1 Å². The molecule has 0 aliphatic carbocycles. The third-order valence-corrected chi connectivity index (χ3v) is 3.65. The van der Waals surface area contributed by atoms with Gasteiger partial charge in [-0.25, -0.2) is 19.7 Å².